The molecule has 0 fully saturated rings. The van der Waals surface area contributed by atoms with Gasteiger partial charge in [-0.25, -0.2) is 4.98 Å². The van der Waals surface area contributed by atoms with Crippen molar-refractivity contribution in [3.05, 3.63) is 92.2 Å². The van der Waals surface area contributed by atoms with Crippen LogP contribution in [0.3, 0.4) is 0 Å². The zero-order valence-electron chi connectivity index (χ0n) is 18.0. The van der Waals surface area contributed by atoms with Crippen molar-refractivity contribution in [3.63, 3.8) is 0 Å². The number of aryl methyl sites for hydroxylation is 3. The average Bonchev–Trinajstić information content (AvgIpc) is 3.09. The maximum Gasteiger partial charge on any atom is 0.261 e. The van der Waals surface area contributed by atoms with Crippen LogP contribution in [-0.2, 0) is 24.4 Å². The number of carbonyl (C=O) groups is 1. The zero-order chi connectivity index (χ0) is 22.7. The lowest BCUT2D eigenvalue weighted by molar-refractivity contribution is -0.121. The van der Waals surface area contributed by atoms with Gasteiger partial charge < -0.3 is 5.32 Å². The summed E-state index contributed by atoms with van der Waals surface area (Å²) >= 11 is 3.38. The van der Waals surface area contributed by atoms with Gasteiger partial charge >= 0.3 is 0 Å². The van der Waals surface area contributed by atoms with Crippen LogP contribution >= 0.6 is 15.9 Å². The molecule has 0 aliphatic heterocycles. The number of hydrogen-bond donors (Lipinski definition) is 1. The molecule has 0 saturated carbocycles. The van der Waals surface area contributed by atoms with Gasteiger partial charge in [0.05, 0.1) is 29.5 Å². The molecule has 4 aromatic rings. The molecule has 1 N–H and O–H groups in total. The van der Waals surface area contributed by atoms with Crippen LogP contribution in [0.25, 0.3) is 10.9 Å². The highest BCUT2D eigenvalue weighted by molar-refractivity contribution is 9.10. The molecule has 164 valence electrons. The number of fused-ring (bicyclic) bond motifs is 1. The molecule has 0 spiro atoms. The maximum atomic E-state index is 12.6. The fraction of sp³-hybridized carbons (Fsp3) is 0.250. The van der Waals surface area contributed by atoms with E-state index in [0.717, 1.165) is 27.0 Å². The number of rotatable bonds is 7. The monoisotopic (exact) mass is 493 g/mol. The minimum atomic E-state index is -0.152. The Hall–Kier alpha value is -3.26. The lowest BCUT2D eigenvalue weighted by atomic mass is 10.1. The molecule has 2 aromatic heterocycles. The van der Waals surface area contributed by atoms with Crippen molar-refractivity contribution in [2.24, 2.45) is 0 Å². The van der Waals surface area contributed by atoms with Crippen molar-refractivity contribution in [2.45, 2.75) is 39.9 Å². The summed E-state index contributed by atoms with van der Waals surface area (Å²) in [6.45, 7) is 5.42. The van der Waals surface area contributed by atoms with Gasteiger partial charge in [-0.3, -0.25) is 18.8 Å². The highest BCUT2D eigenvalue weighted by Gasteiger charge is 2.08. The SMILES string of the molecule is Cc1cc(C)n(Cc2cccc(CNC(=O)CCn3cnc4ccc(Br)cc4c3=O)c2)n1. The second kappa shape index (κ2) is 9.48. The third kappa shape index (κ3) is 5.13. The topological polar surface area (TPSA) is 81.8 Å². The van der Waals surface area contributed by atoms with E-state index >= 15 is 0 Å². The number of nitrogens with zero attached hydrogens (tertiary/aromatic N) is 4. The first-order valence-electron chi connectivity index (χ1n) is 10.4. The Balaban J connectivity index is 1.34. The number of amides is 1. The van der Waals surface area contributed by atoms with Crippen molar-refractivity contribution in [2.75, 3.05) is 0 Å². The normalized spacial score (nSPS) is 11.1. The van der Waals surface area contributed by atoms with Crippen LogP contribution in [-0.4, -0.2) is 25.2 Å². The van der Waals surface area contributed by atoms with Crippen molar-refractivity contribution >= 4 is 32.7 Å². The molecule has 2 aromatic carbocycles. The summed E-state index contributed by atoms with van der Waals surface area (Å²) in [6, 6.07) is 15.5. The molecule has 0 unspecified atom stereocenters. The van der Waals surface area contributed by atoms with Gasteiger partial charge in [0, 0.05) is 29.7 Å². The van der Waals surface area contributed by atoms with Gasteiger partial charge in [-0.05, 0) is 49.2 Å². The van der Waals surface area contributed by atoms with E-state index in [0.29, 0.717) is 24.0 Å². The summed E-state index contributed by atoms with van der Waals surface area (Å²) in [5.74, 6) is -0.116. The molecule has 2 heterocycles. The number of benzene rings is 2. The highest BCUT2D eigenvalue weighted by atomic mass is 79.9. The van der Waals surface area contributed by atoms with Gasteiger partial charge in [-0.1, -0.05) is 40.2 Å². The van der Waals surface area contributed by atoms with Gasteiger partial charge in [0.1, 0.15) is 0 Å². The van der Waals surface area contributed by atoms with Gasteiger partial charge in [0.2, 0.25) is 5.91 Å². The van der Waals surface area contributed by atoms with Gasteiger partial charge in [-0.15, -0.1) is 0 Å². The number of halogens is 1. The lowest BCUT2D eigenvalue weighted by Crippen LogP contribution is -2.27. The Bertz CT molecular complexity index is 1340. The van der Waals surface area contributed by atoms with Crippen molar-refractivity contribution in [1.29, 1.82) is 0 Å². The Kier molecular flexibility index (Phi) is 6.50. The van der Waals surface area contributed by atoms with E-state index in [4.69, 9.17) is 0 Å². The molecular formula is C24H24BrN5O2. The third-order valence-corrected chi connectivity index (χ3v) is 5.78. The van der Waals surface area contributed by atoms with E-state index in [1.54, 1.807) is 12.1 Å². The molecule has 0 aliphatic carbocycles. The van der Waals surface area contributed by atoms with Crippen LogP contribution in [0.15, 0.2) is 64.1 Å². The van der Waals surface area contributed by atoms with Gasteiger partial charge in [0.15, 0.2) is 0 Å². The Morgan fingerprint density at radius 2 is 1.91 bits per heavy atom. The number of hydrogen-bond acceptors (Lipinski definition) is 4. The minimum Gasteiger partial charge on any atom is -0.352 e. The summed E-state index contributed by atoms with van der Waals surface area (Å²) < 4.78 is 4.27. The molecule has 0 radical (unpaired) electrons. The first-order chi connectivity index (χ1) is 15.4. The first kappa shape index (κ1) is 22.0. The van der Waals surface area contributed by atoms with E-state index < -0.39 is 0 Å². The Labute approximate surface area is 194 Å². The van der Waals surface area contributed by atoms with Crippen LogP contribution in [0, 0.1) is 13.8 Å². The van der Waals surface area contributed by atoms with Crippen molar-refractivity contribution < 1.29 is 4.79 Å². The van der Waals surface area contributed by atoms with Crippen LogP contribution in [0.2, 0.25) is 0 Å². The molecule has 1 amide bonds. The molecule has 8 heteroatoms. The number of nitrogens with one attached hydrogen (secondary N) is 1. The van der Waals surface area contributed by atoms with E-state index in [-0.39, 0.29) is 24.4 Å². The highest BCUT2D eigenvalue weighted by Crippen LogP contribution is 2.15. The van der Waals surface area contributed by atoms with E-state index in [9.17, 15) is 9.59 Å². The van der Waals surface area contributed by atoms with Gasteiger partial charge in [-0.2, -0.15) is 5.10 Å². The van der Waals surface area contributed by atoms with Crippen molar-refractivity contribution in [1.82, 2.24) is 24.6 Å². The first-order valence-corrected chi connectivity index (χ1v) is 11.2. The molecule has 0 saturated heterocycles. The van der Waals surface area contributed by atoms with Crippen LogP contribution in [0.4, 0.5) is 0 Å². The van der Waals surface area contributed by atoms with E-state index in [1.807, 2.05) is 36.7 Å². The number of aromatic nitrogens is 4. The number of carbonyl (C=O) groups excluding carboxylic acids is 1. The minimum absolute atomic E-state index is 0.116. The second-order valence-corrected chi connectivity index (χ2v) is 8.75. The van der Waals surface area contributed by atoms with E-state index in [2.05, 4.69) is 49.5 Å². The third-order valence-electron chi connectivity index (χ3n) is 5.28. The fourth-order valence-electron chi connectivity index (χ4n) is 3.65. The summed E-state index contributed by atoms with van der Waals surface area (Å²) in [5, 5.41) is 7.97. The average molecular weight is 494 g/mol. The molecule has 4 rings (SSSR count). The smallest absolute Gasteiger partial charge is 0.261 e. The van der Waals surface area contributed by atoms with Crippen LogP contribution < -0.4 is 10.9 Å². The van der Waals surface area contributed by atoms with Crippen LogP contribution in [0.1, 0.15) is 28.9 Å². The zero-order valence-corrected chi connectivity index (χ0v) is 19.6. The quantitative estimate of drug-likeness (QED) is 0.425. The standard InChI is InChI=1S/C24H24BrN5O2/c1-16-10-17(2)30(28-16)14-19-5-3-4-18(11-19)13-26-23(31)8-9-29-15-27-22-7-6-20(25)12-21(22)24(29)32/h3-7,10-12,15H,8-9,13-14H2,1-2H3,(H,26,31). The molecule has 7 nitrogen and oxygen atoms in total. The predicted octanol–water partition coefficient (Wildman–Crippen LogP) is 3.73. The predicted molar refractivity (Wildman–Crippen MR) is 127 cm³/mol. The summed E-state index contributed by atoms with van der Waals surface area (Å²) in [4.78, 5) is 29.3. The van der Waals surface area contributed by atoms with Gasteiger partial charge in [0.25, 0.3) is 5.56 Å². The Morgan fingerprint density at radius 3 is 2.69 bits per heavy atom. The summed E-state index contributed by atoms with van der Waals surface area (Å²) in [7, 11) is 0. The maximum absolute atomic E-state index is 12.6. The molecule has 0 bridgehead atoms. The van der Waals surface area contributed by atoms with Crippen LogP contribution in [0.5, 0.6) is 0 Å². The lowest BCUT2D eigenvalue weighted by Gasteiger charge is -2.10. The largest absolute Gasteiger partial charge is 0.352 e. The molecule has 0 aliphatic rings. The summed E-state index contributed by atoms with van der Waals surface area (Å²) in [6.07, 6.45) is 1.70. The fourth-order valence-corrected chi connectivity index (χ4v) is 4.01. The van der Waals surface area contributed by atoms with Crippen molar-refractivity contribution in [3.8, 4) is 0 Å². The summed E-state index contributed by atoms with van der Waals surface area (Å²) in [5.41, 5.74) is 4.75. The van der Waals surface area contributed by atoms with E-state index in [1.165, 1.54) is 10.9 Å². The second-order valence-electron chi connectivity index (χ2n) is 7.84. The molecular weight excluding hydrogens is 470 g/mol. The Morgan fingerprint density at radius 1 is 1.09 bits per heavy atom. The molecule has 0 atom stereocenters. The molecule has 32 heavy (non-hydrogen) atoms.